The third-order valence-corrected chi connectivity index (χ3v) is 3.33. The molecule has 6 nitrogen and oxygen atoms in total. The number of hydrogen-bond acceptors (Lipinski definition) is 6. The van der Waals surface area contributed by atoms with Gasteiger partial charge in [-0.3, -0.25) is 0 Å². The molecule has 0 heterocycles. The van der Waals surface area contributed by atoms with Crippen LogP contribution < -0.4 is 14.2 Å². The minimum Gasteiger partial charge on any atom is -0.497 e. The molecule has 130 valence electrons. The molecular formula is C19H18O6. The molecule has 25 heavy (non-hydrogen) atoms. The Bertz CT molecular complexity index is 777. The smallest absolute Gasteiger partial charge is 0.343 e. The van der Waals surface area contributed by atoms with Crippen molar-refractivity contribution < 1.29 is 28.5 Å². The Morgan fingerprint density at radius 2 is 1.60 bits per heavy atom. The summed E-state index contributed by atoms with van der Waals surface area (Å²) in [4.78, 5) is 23.4. The van der Waals surface area contributed by atoms with Gasteiger partial charge in [0.15, 0.2) is 11.5 Å². The van der Waals surface area contributed by atoms with Gasteiger partial charge in [0.05, 0.1) is 26.9 Å². The van der Waals surface area contributed by atoms with Gasteiger partial charge in [-0.15, -0.1) is 0 Å². The molecule has 0 radical (unpaired) electrons. The molecule has 2 rings (SSSR count). The first-order chi connectivity index (χ1) is 12.1. The number of hydrogen-bond donors (Lipinski definition) is 0. The number of benzene rings is 2. The van der Waals surface area contributed by atoms with Gasteiger partial charge in [-0.25, -0.2) is 9.59 Å². The van der Waals surface area contributed by atoms with Gasteiger partial charge in [-0.05, 0) is 48.0 Å². The van der Waals surface area contributed by atoms with Crippen LogP contribution in [0, 0.1) is 0 Å². The zero-order valence-electron chi connectivity index (χ0n) is 14.1. The van der Waals surface area contributed by atoms with Gasteiger partial charge in [-0.1, -0.05) is 6.07 Å². The second kappa shape index (κ2) is 8.54. The molecule has 0 saturated heterocycles. The van der Waals surface area contributed by atoms with Crippen LogP contribution in [0.1, 0.15) is 15.9 Å². The lowest BCUT2D eigenvalue weighted by molar-refractivity contribution is -0.134. The van der Waals surface area contributed by atoms with Gasteiger partial charge in [0, 0.05) is 6.08 Å². The van der Waals surface area contributed by atoms with Crippen molar-refractivity contribution in [2.24, 2.45) is 0 Å². The van der Waals surface area contributed by atoms with Crippen molar-refractivity contribution in [3.05, 3.63) is 59.7 Å². The number of carbonyl (C=O) groups is 2. The van der Waals surface area contributed by atoms with E-state index in [2.05, 4.69) is 4.74 Å². The lowest BCUT2D eigenvalue weighted by Gasteiger charge is -2.10. The predicted molar refractivity (Wildman–Crippen MR) is 92.0 cm³/mol. The molecule has 6 heteroatoms. The largest absolute Gasteiger partial charge is 0.497 e. The van der Waals surface area contributed by atoms with E-state index in [-0.39, 0.29) is 5.75 Å². The van der Waals surface area contributed by atoms with Gasteiger partial charge in [0.25, 0.3) is 0 Å². The summed E-state index contributed by atoms with van der Waals surface area (Å²) in [6.45, 7) is 0. The zero-order valence-corrected chi connectivity index (χ0v) is 14.1. The number of esters is 2. The van der Waals surface area contributed by atoms with Crippen LogP contribution in [-0.2, 0) is 9.53 Å². The van der Waals surface area contributed by atoms with Crippen molar-refractivity contribution in [2.75, 3.05) is 21.3 Å². The number of carbonyl (C=O) groups excluding carboxylic acids is 2. The Labute approximate surface area is 145 Å². The summed E-state index contributed by atoms with van der Waals surface area (Å²) in [6, 6.07) is 11.5. The highest BCUT2D eigenvalue weighted by atomic mass is 16.6. The maximum absolute atomic E-state index is 12.2. The number of ether oxygens (including phenoxy) is 4. The highest BCUT2D eigenvalue weighted by Crippen LogP contribution is 2.29. The molecule has 0 bridgehead atoms. The fourth-order valence-corrected chi connectivity index (χ4v) is 1.99. The van der Waals surface area contributed by atoms with Crippen LogP contribution in [0.25, 0.3) is 6.08 Å². The topological polar surface area (TPSA) is 71.1 Å². The van der Waals surface area contributed by atoms with E-state index in [1.807, 2.05) is 0 Å². The Hall–Kier alpha value is -3.28. The highest BCUT2D eigenvalue weighted by Gasteiger charge is 2.13. The Morgan fingerprint density at radius 3 is 2.20 bits per heavy atom. The first kappa shape index (κ1) is 18.1. The fourth-order valence-electron chi connectivity index (χ4n) is 1.99. The molecule has 0 unspecified atom stereocenters. The van der Waals surface area contributed by atoms with Crippen molar-refractivity contribution in [3.63, 3.8) is 0 Å². The molecule has 2 aromatic carbocycles. The number of methoxy groups -OCH3 is 3. The molecule has 0 atom stereocenters. The van der Waals surface area contributed by atoms with Gasteiger partial charge >= 0.3 is 11.9 Å². The standard InChI is InChI=1S/C19H18O6/c1-22-15-8-6-14(7-9-15)19(21)25-16-10-4-13(12-17(16)23-2)5-11-18(20)24-3/h4-12H,1-3H3/b11-5+. The maximum Gasteiger partial charge on any atom is 0.343 e. The van der Waals surface area contributed by atoms with Gasteiger partial charge < -0.3 is 18.9 Å². The van der Waals surface area contributed by atoms with Crippen LogP contribution >= 0.6 is 0 Å². The van der Waals surface area contributed by atoms with E-state index in [1.165, 1.54) is 20.3 Å². The van der Waals surface area contributed by atoms with E-state index in [9.17, 15) is 9.59 Å². The van der Waals surface area contributed by atoms with Crippen LogP contribution in [0.4, 0.5) is 0 Å². The van der Waals surface area contributed by atoms with E-state index in [4.69, 9.17) is 14.2 Å². The van der Waals surface area contributed by atoms with E-state index in [0.29, 0.717) is 22.6 Å². The average Bonchev–Trinajstić information content (AvgIpc) is 2.66. The lowest BCUT2D eigenvalue weighted by atomic mass is 10.2. The van der Waals surface area contributed by atoms with Crippen molar-refractivity contribution in [1.82, 2.24) is 0 Å². The molecule has 0 aliphatic heterocycles. The molecule has 0 saturated carbocycles. The third-order valence-electron chi connectivity index (χ3n) is 3.33. The van der Waals surface area contributed by atoms with Crippen LogP contribution in [-0.4, -0.2) is 33.3 Å². The molecular weight excluding hydrogens is 324 g/mol. The van der Waals surface area contributed by atoms with Crippen molar-refractivity contribution in [2.45, 2.75) is 0 Å². The van der Waals surface area contributed by atoms with Crippen molar-refractivity contribution in [1.29, 1.82) is 0 Å². The molecule has 0 N–H and O–H groups in total. The summed E-state index contributed by atoms with van der Waals surface area (Å²) in [5.41, 5.74) is 1.09. The third kappa shape index (κ3) is 4.84. The minimum absolute atomic E-state index is 0.276. The average molecular weight is 342 g/mol. The highest BCUT2D eigenvalue weighted by molar-refractivity contribution is 5.91. The summed E-state index contributed by atoms with van der Waals surface area (Å²) in [5.74, 6) is 0.316. The minimum atomic E-state index is -0.515. The normalized spacial score (nSPS) is 10.4. The molecule has 0 amide bonds. The second-order valence-corrected chi connectivity index (χ2v) is 4.88. The summed E-state index contributed by atoms with van der Waals surface area (Å²) < 4.78 is 20.2. The van der Waals surface area contributed by atoms with Crippen LogP contribution in [0.5, 0.6) is 17.2 Å². The quantitative estimate of drug-likeness (QED) is 0.456. The molecule has 0 fully saturated rings. The van der Waals surface area contributed by atoms with E-state index in [1.54, 1.807) is 55.7 Å². The van der Waals surface area contributed by atoms with Crippen LogP contribution in [0.3, 0.4) is 0 Å². The first-order valence-corrected chi connectivity index (χ1v) is 7.37. The van der Waals surface area contributed by atoms with Gasteiger partial charge in [0.2, 0.25) is 0 Å². The molecule has 2 aromatic rings. The van der Waals surface area contributed by atoms with E-state index < -0.39 is 11.9 Å². The summed E-state index contributed by atoms with van der Waals surface area (Å²) >= 11 is 0. The van der Waals surface area contributed by atoms with Crippen LogP contribution in [0.2, 0.25) is 0 Å². The first-order valence-electron chi connectivity index (χ1n) is 7.37. The molecule has 0 aromatic heterocycles. The Balaban J connectivity index is 2.16. The predicted octanol–water partition coefficient (Wildman–Crippen LogP) is 3.11. The zero-order chi connectivity index (χ0) is 18.2. The van der Waals surface area contributed by atoms with Crippen molar-refractivity contribution in [3.8, 4) is 17.2 Å². The SMILES string of the molecule is COC(=O)/C=C/c1ccc(OC(=O)c2ccc(OC)cc2)c(OC)c1. The lowest BCUT2D eigenvalue weighted by Crippen LogP contribution is -2.09. The Morgan fingerprint density at radius 1 is 0.880 bits per heavy atom. The van der Waals surface area contributed by atoms with Crippen molar-refractivity contribution >= 4 is 18.0 Å². The second-order valence-electron chi connectivity index (χ2n) is 4.88. The molecule has 0 aliphatic carbocycles. The fraction of sp³-hybridized carbons (Fsp3) is 0.158. The van der Waals surface area contributed by atoms with E-state index >= 15 is 0 Å². The molecule has 0 spiro atoms. The molecule has 0 aliphatic rings. The van der Waals surface area contributed by atoms with Crippen LogP contribution in [0.15, 0.2) is 48.5 Å². The monoisotopic (exact) mass is 342 g/mol. The maximum atomic E-state index is 12.2. The summed E-state index contributed by atoms with van der Waals surface area (Å²) in [5, 5.41) is 0. The number of rotatable bonds is 6. The Kier molecular flexibility index (Phi) is 6.17. The van der Waals surface area contributed by atoms with E-state index in [0.717, 1.165) is 0 Å². The summed E-state index contributed by atoms with van der Waals surface area (Å²) in [7, 11) is 4.32. The summed E-state index contributed by atoms with van der Waals surface area (Å²) in [6.07, 6.45) is 2.86. The van der Waals surface area contributed by atoms with Gasteiger partial charge in [0.1, 0.15) is 5.75 Å². The van der Waals surface area contributed by atoms with Gasteiger partial charge in [-0.2, -0.15) is 0 Å².